The Labute approximate surface area is 220 Å². The van der Waals surface area contributed by atoms with Crippen molar-refractivity contribution in [2.24, 2.45) is 5.10 Å². The van der Waals surface area contributed by atoms with Gasteiger partial charge in [-0.15, -0.1) is 10.2 Å². The molecular formula is C25H19Cl2N5O3S. The van der Waals surface area contributed by atoms with Gasteiger partial charge in [-0.25, -0.2) is 5.43 Å². The van der Waals surface area contributed by atoms with Gasteiger partial charge in [0.25, 0.3) is 5.91 Å². The molecule has 0 fully saturated rings. The maximum Gasteiger partial charge on any atom is 0.257 e. The van der Waals surface area contributed by atoms with Gasteiger partial charge in [-0.2, -0.15) is 5.10 Å². The van der Waals surface area contributed by atoms with Gasteiger partial charge in [-0.05, 0) is 36.4 Å². The highest BCUT2D eigenvalue weighted by Crippen LogP contribution is 2.24. The fraction of sp³-hybridized carbons (Fsp3) is 0.0800. The van der Waals surface area contributed by atoms with Crippen molar-refractivity contribution >= 4 is 57.7 Å². The van der Waals surface area contributed by atoms with Crippen LogP contribution in [0.15, 0.2) is 77.9 Å². The molecule has 0 saturated heterocycles. The lowest BCUT2D eigenvalue weighted by Crippen LogP contribution is -2.19. The Morgan fingerprint density at radius 2 is 1.78 bits per heavy atom. The van der Waals surface area contributed by atoms with Crippen LogP contribution < -0.4 is 15.5 Å². The highest BCUT2D eigenvalue weighted by Gasteiger charge is 2.12. The van der Waals surface area contributed by atoms with E-state index in [9.17, 15) is 9.59 Å². The molecule has 0 aliphatic rings. The number of nitrogens with zero attached hydrogens (tertiary/aromatic N) is 3. The Balaban J connectivity index is 1.29. The molecule has 2 amide bonds. The highest BCUT2D eigenvalue weighted by molar-refractivity contribution is 7.15. The first-order chi connectivity index (χ1) is 17.5. The summed E-state index contributed by atoms with van der Waals surface area (Å²) in [6, 6.07) is 21.2. The molecule has 0 saturated carbocycles. The van der Waals surface area contributed by atoms with Gasteiger partial charge in [0.15, 0.2) is 0 Å². The molecule has 8 nitrogen and oxygen atoms in total. The number of nitrogens with one attached hydrogen (secondary N) is 2. The van der Waals surface area contributed by atoms with Gasteiger partial charge < -0.3 is 4.74 Å². The van der Waals surface area contributed by atoms with Crippen molar-refractivity contribution in [3.8, 4) is 5.75 Å². The van der Waals surface area contributed by atoms with Gasteiger partial charge in [0.2, 0.25) is 11.0 Å². The molecule has 0 aliphatic carbocycles. The standard InChI is InChI=1S/C25H19Cl2N5O3S/c26-19-11-10-18(20(27)12-19)15-35-21-9-5-4-8-17(21)14-28-30-22(33)13-23-31-32-25(36-23)29-24(34)16-6-2-1-3-7-16/h1-12,14H,13,15H2,(H,30,33)(H,29,32,34)/b28-14-. The molecule has 4 aromatic rings. The van der Waals surface area contributed by atoms with Gasteiger partial charge >= 0.3 is 0 Å². The van der Waals surface area contributed by atoms with Crippen LogP contribution in [0, 0.1) is 0 Å². The second-order valence-corrected chi connectivity index (χ2v) is 9.26. The number of para-hydroxylation sites is 1. The molecule has 1 aromatic heterocycles. The number of carbonyl (C=O) groups excluding carboxylic acids is 2. The van der Waals surface area contributed by atoms with E-state index in [2.05, 4.69) is 26.0 Å². The zero-order chi connectivity index (χ0) is 25.3. The lowest BCUT2D eigenvalue weighted by atomic mass is 10.2. The normalized spacial score (nSPS) is 10.8. The van der Waals surface area contributed by atoms with E-state index >= 15 is 0 Å². The summed E-state index contributed by atoms with van der Waals surface area (Å²) < 4.78 is 5.88. The predicted octanol–water partition coefficient (Wildman–Crippen LogP) is 5.37. The van der Waals surface area contributed by atoms with Crippen LogP contribution in [0.1, 0.15) is 26.5 Å². The van der Waals surface area contributed by atoms with Crippen LogP contribution in [-0.4, -0.2) is 28.2 Å². The van der Waals surface area contributed by atoms with E-state index in [-0.39, 0.29) is 24.8 Å². The molecule has 3 aromatic carbocycles. The minimum absolute atomic E-state index is 0.0383. The third-order valence-electron chi connectivity index (χ3n) is 4.75. The molecule has 1 heterocycles. The number of amides is 2. The molecule has 0 atom stereocenters. The SMILES string of the molecule is O=C(Cc1nnc(NC(=O)c2ccccc2)s1)N/N=C\c1ccccc1OCc1ccc(Cl)cc1Cl. The summed E-state index contributed by atoms with van der Waals surface area (Å²) in [6.45, 7) is 0.243. The van der Waals surface area contributed by atoms with Crippen molar-refractivity contribution in [2.45, 2.75) is 13.0 Å². The molecule has 11 heteroatoms. The number of anilines is 1. The van der Waals surface area contributed by atoms with E-state index in [1.807, 2.05) is 18.2 Å². The van der Waals surface area contributed by atoms with Gasteiger partial charge in [0.1, 0.15) is 17.4 Å². The number of aromatic nitrogens is 2. The third-order valence-corrected chi connectivity index (χ3v) is 6.17. The fourth-order valence-electron chi connectivity index (χ4n) is 3.00. The van der Waals surface area contributed by atoms with E-state index < -0.39 is 0 Å². The van der Waals surface area contributed by atoms with Crippen LogP contribution in [0.25, 0.3) is 0 Å². The number of benzene rings is 3. The molecule has 0 radical (unpaired) electrons. The van der Waals surface area contributed by atoms with E-state index in [1.54, 1.807) is 54.6 Å². The molecule has 4 rings (SSSR count). The summed E-state index contributed by atoms with van der Waals surface area (Å²) in [7, 11) is 0. The quantitative estimate of drug-likeness (QED) is 0.219. The van der Waals surface area contributed by atoms with Gasteiger partial charge in [0, 0.05) is 26.7 Å². The first-order valence-electron chi connectivity index (χ1n) is 10.6. The molecular weight excluding hydrogens is 521 g/mol. The van der Waals surface area contributed by atoms with E-state index in [1.165, 1.54) is 6.21 Å². The second kappa shape index (κ2) is 12.3. The Morgan fingerprint density at radius 3 is 2.58 bits per heavy atom. The number of carbonyl (C=O) groups is 2. The number of hydrogen-bond donors (Lipinski definition) is 2. The summed E-state index contributed by atoms with van der Waals surface area (Å²) in [5.74, 6) is -0.106. The van der Waals surface area contributed by atoms with E-state index in [4.69, 9.17) is 27.9 Å². The van der Waals surface area contributed by atoms with Crippen LogP contribution >= 0.6 is 34.5 Å². The summed E-state index contributed by atoms with van der Waals surface area (Å²) in [4.78, 5) is 24.5. The van der Waals surface area contributed by atoms with Crippen LogP contribution in [0.2, 0.25) is 10.0 Å². The number of ether oxygens (including phenoxy) is 1. The second-order valence-electron chi connectivity index (χ2n) is 7.35. The summed E-state index contributed by atoms with van der Waals surface area (Å²) in [6.07, 6.45) is 1.45. The van der Waals surface area contributed by atoms with Crippen molar-refractivity contribution in [1.29, 1.82) is 0 Å². The van der Waals surface area contributed by atoms with Crippen LogP contribution in [0.5, 0.6) is 5.75 Å². The van der Waals surface area contributed by atoms with Crippen LogP contribution in [0.4, 0.5) is 5.13 Å². The summed E-state index contributed by atoms with van der Waals surface area (Å²) in [5, 5.41) is 16.4. The Morgan fingerprint density at radius 1 is 1.00 bits per heavy atom. The van der Waals surface area contributed by atoms with Gasteiger partial charge in [-0.1, -0.05) is 70.9 Å². The zero-order valence-electron chi connectivity index (χ0n) is 18.7. The Hall–Kier alpha value is -3.79. The van der Waals surface area contributed by atoms with E-state index in [0.717, 1.165) is 16.9 Å². The number of halogens is 2. The number of hydrazone groups is 1. The maximum atomic E-state index is 12.3. The average Bonchev–Trinajstić information content (AvgIpc) is 3.31. The molecule has 2 N–H and O–H groups in total. The molecule has 0 unspecified atom stereocenters. The average molecular weight is 540 g/mol. The molecule has 0 aliphatic heterocycles. The Kier molecular flexibility index (Phi) is 8.62. The number of rotatable bonds is 9. The monoisotopic (exact) mass is 539 g/mol. The van der Waals surface area contributed by atoms with E-state index in [0.29, 0.717) is 37.1 Å². The minimum Gasteiger partial charge on any atom is -0.488 e. The van der Waals surface area contributed by atoms with Gasteiger partial charge in [-0.3, -0.25) is 14.9 Å². The first kappa shape index (κ1) is 25.3. The highest BCUT2D eigenvalue weighted by atomic mass is 35.5. The molecule has 36 heavy (non-hydrogen) atoms. The lowest BCUT2D eigenvalue weighted by molar-refractivity contribution is -0.120. The minimum atomic E-state index is -0.380. The first-order valence-corrected chi connectivity index (χ1v) is 12.2. The van der Waals surface area contributed by atoms with Crippen molar-refractivity contribution in [1.82, 2.24) is 15.6 Å². The maximum absolute atomic E-state index is 12.3. The van der Waals surface area contributed by atoms with Crippen LogP contribution in [0.3, 0.4) is 0 Å². The predicted molar refractivity (Wildman–Crippen MR) is 141 cm³/mol. The molecule has 0 spiro atoms. The van der Waals surface area contributed by atoms with Crippen molar-refractivity contribution < 1.29 is 14.3 Å². The van der Waals surface area contributed by atoms with Crippen molar-refractivity contribution in [3.63, 3.8) is 0 Å². The van der Waals surface area contributed by atoms with Crippen molar-refractivity contribution in [3.05, 3.63) is 105 Å². The van der Waals surface area contributed by atoms with Crippen molar-refractivity contribution in [2.75, 3.05) is 5.32 Å². The largest absolute Gasteiger partial charge is 0.488 e. The lowest BCUT2D eigenvalue weighted by Gasteiger charge is -2.10. The van der Waals surface area contributed by atoms with Crippen LogP contribution in [-0.2, 0) is 17.8 Å². The smallest absolute Gasteiger partial charge is 0.257 e. The number of hydrogen-bond acceptors (Lipinski definition) is 7. The fourth-order valence-corrected chi connectivity index (χ4v) is 4.19. The van der Waals surface area contributed by atoms with Gasteiger partial charge in [0.05, 0.1) is 12.6 Å². The molecule has 182 valence electrons. The third kappa shape index (κ3) is 7.11. The summed E-state index contributed by atoms with van der Waals surface area (Å²) in [5.41, 5.74) is 4.42. The summed E-state index contributed by atoms with van der Waals surface area (Å²) >= 11 is 13.3. The topological polar surface area (TPSA) is 106 Å². The Bertz CT molecular complexity index is 1400. The zero-order valence-corrected chi connectivity index (χ0v) is 21.0. The molecule has 0 bridgehead atoms.